The maximum absolute atomic E-state index is 12.2. The van der Waals surface area contributed by atoms with Crippen LogP contribution in [0.25, 0.3) is 0 Å². The van der Waals surface area contributed by atoms with Gasteiger partial charge >= 0.3 is 0 Å². The molecule has 0 aliphatic rings. The second-order valence-electron chi connectivity index (χ2n) is 5.92. The van der Waals surface area contributed by atoms with Gasteiger partial charge in [0.1, 0.15) is 6.54 Å². The van der Waals surface area contributed by atoms with E-state index in [1.165, 1.54) is 18.7 Å². The smallest absolute Gasteiger partial charge is 0.240 e. The Balaban J connectivity index is 1.91. The number of amides is 3. The van der Waals surface area contributed by atoms with Gasteiger partial charge in [-0.2, -0.15) is 0 Å². The lowest BCUT2D eigenvalue weighted by Crippen LogP contribution is -2.40. The fourth-order valence-corrected chi connectivity index (χ4v) is 2.50. The van der Waals surface area contributed by atoms with Gasteiger partial charge in [0, 0.05) is 31.8 Å². The highest BCUT2D eigenvalue weighted by atomic mass is 16.2. The topological polar surface area (TPSA) is 78.5 Å². The van der Waals surface area contributed by atoms with Gasteiger partial charge in [0.15, 0.2) is 0 Å². The second-order valence-corrected chi connectivity index (χ2v) is 5.92. The Morgan fingerprint density at radius 1 is 0.923 bits per heavy atom. The van der Waals surface area contributed by atoms with Crippen LogP contribution in [0.5, 0.6) is 0 Å². The van der Waals surface area contributed by atoms with Crippen LogP contribution in [0.1, 0.15) is 19.4 Å². The van der Waals surface area contributed by atoms with E-state index < -0.39 is 0 Å². The van der Waals surface area contributed by atoms with Crippen molar-refractivity contribution in [2.45, 2.75) is 20.3 Å². The van der Waals surface area contributed by atoms with Crippen molar-refractivity contribution in [2.24, 2.45) is 0 Å². The first-order chi connectivity index (χ1) is 12.5. The van der Waals surface area contributed by atoms with Gasteiger partial charge in [-0.1, -0.05) is 30.3 Å². The van der Waals surface area contributed by atoms with Crippen molar-refractivity contribution in [1.29, 1.82) is 0 Å². The van der Waals surface area contributed by atoms with Crippen molar-refractivity contribution in [3.8, 4) is 0 Å². The molecule has 0 radical (unpaired) electrons. The van der Waals surface area contributed by atoms with E-state index in [0.717, 1.165) is 12.0 Å². The van der Waals surface area contributed by atoms with Crippen LogP contribution in [0.15, 0.2) is 54.6 Å². The van der Waals surface area contributed by atoms with E-state index in [9.17, 15) is 14.4 Å². The third-order valence-electron chi connectivity index (χ3n) is 3.76. The average molecular weight is 353 g/mol. The molecule has 6 nitrogen and oxygen atoms in total. The van der Waals surface area contributed by atoms with Crippen LogP contribution in [0, 0.1) is 0 Å². The van der Waals surface area contributed by atoms with E-state index in [-0.39, 0.29) is 24.3 Å². The molecule has 3 amide bonds. The van der Waals surface area contributed by atoms with Crippen molar-refractivity contribution in [2.75, 3.05) is 23.3 Å². The predicted molar refractivity (Wildman–Crippen MR) is 102 cm³/mol. The minimum Gasteiger partial charge on any atom is -0.354 e. The number of carbonyl (C=O) groups is 3. The number of nitrogens with zero attached hydrogens (tertiary/aromatic N) is 1. The van der Waals surface area contributed by atoms with Gasteiger partial charge in [-0.25, -0.2) is 0 Å². The maximum atomic E-state index is 12.2. The van der Waals surface area contributed by atoms with E-state index in [2.05, 4.69) is 10.6 Å². The minimum absolute atomic E-state index is 0.0520. The normalized spacial score (nSPS) is 10.1. The Hall–Kier alpha value is -3.15. The number of nitrogens with one attached hydrogen (secondary N) is 2. The monoisotopic (exact) mass is 353 g/mol. The predicted octanol–water partition coefficient (Wildman–Crippen LogP) is 2.36. The number of anilines is 2. The van der Waals surface area contributed by atoms with Gasteiger partial charge in [0.2, 0.25) is 17.7 Å². The summed E-state index contributed by atoms with van der Waals surface area (Å²) in [5.74, 6) is -0.614. The zero-order chi connectivity index (χ0) is 18.9. The first kappa shape index (κ1) is 19.2. The second kappa shape index (κ2) is 9.36. The van der Waals surface area contributed by atoms with Gasteiger partial charge in [0.25, 0.3) is 0 Å². The molecule has 0 unspecified atom stereocenters. The molecule has 0 saturated heterocycles. The molecule has 26 heavy (non-hydrogen) atoms. The van der Waals surface area contributed by atoms with Crippen molar-refractivity contribution >= 4 is 29.1 Å². The van der Waals surface area contributed by atoms with Crippen LogP contribution in [0.4, 0.5) is 11.4 Å². The third-order valence-corrected chi connectivity index (χ3v) is 3.76. The van der Waals surface area contributed by atoms with Crippen LogP contribution >= 0.6 is 0 Å². The minimum atomic E-state index is -0.226. The van der Waals surface area contributed by atoms with Crippen molar-refractivity contribution < 1.29 is 14.4 Å². The van der Waals surface area contributed by atoms with Crippen LogP contribution < -0.4 is 15.5 Å². The summed E-state index contributed by atoms with van der Waals surface area (Å²) in [6, 6.07) is 16.7. The summed E-state index contributed by atoms with van der Waals surface area (Å²) in [4.78, 5) is 36.5. The summed E-state index contributed by atoms with van der Waals surface area (Å²) in [6.07, 6.45) is 0.734. The van der Waals surface area contributed by atoms with E-state index in [1.807, 2.05) is 30.3 Å². The standard InChI is InChI=1S/C20H23N3O3/c1-15(24)22-18-8-10-19(11-9-18)23(16(2)25)14-20(26)21-13-12-17-6-4-3-5-7-17/h3-11H,12-14H2,1-2H3,(H,21,26)(H,22,24). The Kier molecular flexibility index (Phi) is 6.91. The zero-order valence-electron chi connectivity index (χ0n) is 15.0. The first-order valence-electron chi connectivity index (χ1n) is 8.42. The molecule has 0 fully saturated rings. The Bertz CT molecular complexity index is 758. The van der Waals surface area contributed by atoms with Crippen LogP contribution in [0.2, 0.25) is 0 Å². The Morgan fingerprint density at radius 2 is 1.58 bits per heavy atom. The summed E-state index contributed by atoms with van der Waals surface area (Å²) < 4.78 is 0. The number of rotatable bonds is 7. The number of hydrogen-bond donors (Lipinski definition) is 2. The molecule has 2 rings (SSSR count). The maximum Gasteiger partial charge on any atom is 0.240 e. The molecule has 0 aliphatic heterocycles. The number of benzene rings is 2. The summed E-state index contributed by atoms with van der Waals surface area (Å²) in [7, 11) is 0. The zero-order valence-corrected chi connectivity index (χ0v) is 15.0. The molecule has 0 heterocycles. The summed E-state index contributed by atoms with van der Waals surface area (Å²) in [6.45, 7) is 3.30. The molecule has 136 valence electrons. The molecule has 0 saturated carbocycles. The lowest BCUT2D eigenvalue weighted by molar-refractivity contribution is -0.123. The molecule has 2 N–H and O–H groups in total. The lowest BCUT2D eigenvalue weighted by atomic mass is 10.1. The molecular formula is C20H23N3O3. The van der Waals surface area contributed by atoms with E-state index in [0.29, 0.717) is 17.9 Å². The molecule has 6 heteroatoms. The molecule has 2 aromatic carbocycles. The van der Waals surface area contributed by atoms with Gasteiger partial charge < -0.3 is 15.5 Å². The molecule has 2 aromatic rings. The average Bonchev–Trinajstić information content (AvgIpc) is 2.61. The number of carbonyl (C=O) groups excluding carboxylic acids is 3. The summed E-state index contributed by atoms with van der Waals surface area (Å²) in [5.41, 5.74) is 2.38. The van der Waals surface area contributed by atoms with Gasteiger partial charge in [-0.15, -0.1) is 0 Å². The highest BCUT2D eigenvalue weighted by Gasteiger charge is 2.15. The summed E-state index contributed by atoms with van der Waals surface area (Å²) >= 11 is 0. The Labute approximate surface area is 153 Å². The highest BCUT2D eigenvalue weighted by molar-refractivity contribution is 5.97. The van der Waals surface area contributed by atoms with Crippen LogP contribution in [-0.4, -0.2) is 30.8 Å². The van der Waals surface area contributed by atoms with Crippen LogP contribution in [-0.2, 0) is 20.8 Å². The van der Waals surface area contributed by atoms with Crippen molar-refractivity contribution in [1.82, 2.24) is 5.32 Å². The SMILES string of the molecule is CC(=O)Nc1ccc(N(CC(=O)NCCc2ccccc2)C(C)=O)cc1. The van der Waals surface area contributed by atoms with E-state index in [4.69, 9.17) is 0 Å². The van der Waals surface area contributed by atoms with Crippen molar-refractivity contribution in [3.63, 3.8) is 0 Å². The van der Waals surface area contributed by atoms with E-state index in [1.54, 1.807) is 24.3 Å². The highest BCUT2D eigenvalue weighted by Crippen LogP contribution is 2.18. The first-order valence-corrected chi connectivity index (χ1v) is 8.42. The van der Waals surface area contributed by atoms with Crippen molar-refractivity contribution in [3.05, 3.63) is 60.2 Å². The lowest BCUT2D eigenvalue weighted by Gasteiger charge is -2.21. The largest absolute Gasteiger partial charge is 0.354 e. The third kappa shape index (κ3) is 6.05. The van der Waals surface area contributed by atoms with Crippen LogP contribution in [0.3, 0.4) is 0 Å². The fourth-order valence-electron chi connectivity index (χ4n) is 2.50. The molecule has 0 aliphatic carbocycles. The quantitative estimate of drug-likeness (QED) is 0.802. The summed E-state index contributed by atoms with van der Waals surface area (Å²) in [5, 5.41) is 5.50. The van der Waals surface area contributed by atoms with Gasteiger partial charge in [-0.3, -0.25) is 14.4 Å². The Morgan fingerprint density at radius 3 is 2.15 bits per heavy atom. The molecular weight excluding hydrogens is 330 g/mol. The molecule has 0 aromatic heterocycles. The molecule has 0 bridgehead atoms. The van der Waals surface area contributed by atoms with E-state index >= 15 is 0 Å². The molecule has 0 atom stereocenters. The molecule has 0 spiro atoms. The van der Waals surface area contributed by atoms with Gasteiger partial charge in [-0.05, 0) is 36.2 Å². The fraction of sp³-hybridized carbons (Fsp3) is 0.250. The van der Waals surface area contributed by atoms with Gasteiger partial charge in [0.05, 0.1) is 0 Å². The number of hydrogen-bond acceptors (Lipinski definition) is 3.